The lowest BCUT2D eigenvalue weighted by Crippen LogP contribution is -2.61. The smallest absolute Gasteiger partial charge is 0.0288 e. The molecule has 0 aromatic heterocycles. The molecule has 0 amide bonds. The van der Waals surface area contributed by atoms with E-state index in [1.165, 1.54) is 51.6 Å². The molecule has 1 saturated heterocycles. The molecular weight excluding hydrogens is 232 g/mol. The van der Waals surface area contributed by atoms with E-state index in [-0.39, 0.29) is 5.54 Å². The first kappa shape index (κ1) is 12.6. The van der Waals surface area contributed by atoms with Crippen molar-refractivity contribution >= 4 is 0 Å². The fraction of sp³-hybridized carbons (Fsp3) is 1.00. The first-order valence-electron chi connectivity index (χ1n) is 8.63. The van der Waals surface area contributed by atoms with Crippen LogP contribution < -0.4 is 5.73 Å². The second kappa shape index (κ2) is 4.46. The molecule has 19 heavy (non-hydrogen) atoms. The topological polar surface area (TPSA) is 29.3 Å². The van der Waals surface area contributed by atoms with Crippen molar-refractivity contribution in [2.75, 3.05) is 19.6 Å². The summed E-state index contributed by atoms with van der Waals surface area (Å²) >= 11 is 0. The molecule has 1 aliphatic heterocycles. The van der Waals surface area contributed by atoms with Gasteiger partial charge in [0.15, 0.2) is 0 Å². The zero-order valence-corrected chi connectivity index (χ0v) is 12.5. The van der Waals surface area contributed by atoms with Gasteiger partial charge in [-0.15, -0.1) is 0 Å². The van der Waals surface area contributed by atoms with Crippen molar-refractivity contribution in [2.45, 2.75) is 57.4 Å². The van der Waals surface area contributed by atoms with Gasteiger partial charge >= 0.3 is 0 Å². The summed E-state index contributed by atoms with van der Waals surface area (Å²) < 4.78 is 0. The molecule has 0 aromatic carbocycles. The molecule has 5 aliphatic rings. The van der Waals surface area contributed by atoms with Crippen LogP contribution in [0, 0.1) is 29.6 Å². The minimum atomic E-state index is 0.0625. The summed E-state index contributed by atoms with van der Waals surface area (Å²) in [7, 11) is 0. The predicted octanol–water partition coefficient (Wildman–Crippen LogP) is 2.87. The molecule has 1 heterocycles. The standard InChI is InChI=1S/C17H30N2/c1-17(18,11-19-4-2-3-5-19)16-14-7-12-6-13(9-14)10-15(16)8-12/h12-16H,2-11,18H2,1H3. The summed E-state index contributed by atoms with van der Waals surface area (Å²) in [4.78, 5) is 2.63. The molecule has 5 rings (SSSR count). The predicted molar refractivity (Wildman–Crippen MR) is 78.8 cm³/mol. The Kier molecular flexibility index (Phi) is 2.97. The average Bonchev–Trinajstić information content (AvgIpc) is 2.78. The van der Waals surface area contributed by atoms with E-state index in [0.717, 1.165) is 36.1 Å². The molecule has 4 saturated carbocycles. The summed E-state index contributed by atoms with van der Waals surface area (Å²) in [6, 6.07) is 0. The third kappa shape index (κ3) is 2.15. The SMILES string of the molecule is CC(N)(CN1CCCC1)C1C2CC3CC(C2)CC1C3. The molecule has 108 valence electrons. The van der Waals surface area contributed by atoms with E-state index in [9.17, 15) is 0 Å². The molecule has 1 unspecified atom stereocenters. The highest BCUT2D eigenvalue weighted by Crippen LogP contribution is 2.58. The molecular formula is C17H30N2. The first-order valence-corrected chi connectivity index (χ1v) is 8.63. The number of nitrogens with zero attached hydrogens (tertiary/aromatic N) is 1. The van der Waals surface area contributed by atoms with Gasteiger partial charge in [-0.2, -0.15) is 0 Å². The largest absolute Gasteiger partial charge is 0.324 e. The fourth-order valence-electron chi connectivity index (χ4n) is 6.53. The van der Waals surface area contributed by atoms with Crippen LogP contribution in [0.15, 0.2) is 0 Å². The Morgan fingerprint density at radius 3 is 2.00 bits per heavy atom. The van der Waals surface area contributed by atoms with Crippen LogP contribution in [0.5, 0.6) is 0 Å². The lowest BCUT2D eigenvalue weighted by atomic mass is 9.48. The molecule has 0 spiro atoms. The zero-order chi connectivity index (χ0) is 13.0. The van der Waals surface area contributed by atoms with Crippen LogP contribution >= 0.6 is 0 Å². The van der Waals surface area contributed by atoms with Crippen molar-refractivity contribution in [3.63, 3.8) is 0 Å². The van der Waals surface area contributed by atoms with Gasteiger partial charge in [-0.1, -0.05) is 0 Å². The van der Waals surface area contributed by atoms with Crippen LogP contribution in [0.3, 0.4) is 0 Å². The van der Waals surface area contributed by atoms with Gasteiger partial charge in [0.05, 0.1) is 0 Å². The van der Waals surface area contributed by atoms with E-state index in [4.69, 9.17) is 5.73 Å². The monoisotopic (exact) mass is 262 g/mol. The normalized spacial score (nSPS) is 48.6. The van der Waals surface area contributed by atoms with Gasteiger partial charge in [-0.3, -0.25) is 0 Å². The lowest BCUT2D eigenvalue weighted by molar-refractivity contribution is -0.0708. The van der Waals surface area contributed by atoms with Crippen LogP contribution in [0.4, 0.5) is 0 Å². The Morgan fingerprint density at radius 1 is 0.947 bits per heavy atom. The van der Waals surface area contributed by atoms with Gasteiger partial charge in [-0.05, 0) is 94.5 Å². The summed E-state index contributed by atoms with van der Waals surface area (Å²) in [6.07, 6.45) is 10.3. The molecule has 0 aromatic rings. The molecule has 0 radical (unpaired) electrons. The van der Waals surface area contributed by atoms with Gasteiger partial charge < -0.3 is 10.6 Å². The Morgan fingerprint density at radius 2 is 1.47 bits per heavy atom. The second-order valence-corrected chi connectivity index (χ2v) is 8.45. The molecule has 4 aliphatic carbocycles. The van der Waals surface area contributed by atoms with Crippen molar-refractivity contribution in [3.8, 4) is 0 Å². The number of hydrogen-bond donors (Lipinski definition) is 1. The molecule has 1 atom stereocenters. The fourth-order valence-corrected chi connectivity index (χ4v) is 6.53. The first-order chi connectivity index (χ1) is 9.12. The van der Waals surface area contributed by atoms with Crippen LogP contribution in [0.2, 0.25) is 0 Å². The molecule has 2 nitrogen and oxygen atoms in total. The highest BCUT2D eigenvalue weighted by molar-refractivity contribution is 5.06. The minimum Gasteiger partial charge on any atom is -0.324 e. The number of hydrogen-bond acceptors (Lipinski definition) is 2. The molecule has 4 bridgehead atoms. The quantitative estimate of drug-likeness (QED) is 0.847. The van der Waals surface area contributed by atoms with Crippen molar-refractivity contribution in [2.24, 2.45) is 35.3 Å². The minimum absolute atomic E-state index is 0.0625. The van der Waals surface area contributed by atoms with Crippen LogP contribution in [-0.4, -0.2) is 30.1 Å². The maximum Gasteiger partial charge on any atom is 0.0288 e. The van der Waals surface area contributed by atoms with Crippen LogP contribution in [0.25, 0.3) is 0 Å². The van der Waals surface area contributed by atoms with Crippen molar-refractivity contribution < 1.29 is 0 Å². The Bertz CT molecular complexity index is 315. The van der Waals surface area contributed by atoms with Gasteiger partial charge in [0.2, 0.25) is 0 Å². The number of nitrogens with two attached hydrogens (primary N) is 1. The van der Waals surface area contributed by atoms with Gasteiger partial charge in [0.1, 0.15) is 0 Å². The maximum atomic E-state index is 6.88. The van der Waals surface area contributed by atoms with Crippen molar-refractivity contribution in [1.29, 1.82) is 0 Å². The van der Waals surface area contributed by atoms with E-state index in [1.54, 1.807) is 6.42 Å². The van der Waals surface area contributed by atoms with E-state index >= 15 is 0 Å². The molecule has 5 fully saturated rings. The van der Waals surface area contributed by atoms with Crippen molar-refractivity contribution in [3.05, 3.63) is 0 Å². The van der Waals surface area contributed by atoms with Gasteiger partial charge in [-0.25, -0.2) is 0 Å². The van der Waals surface area contributed by atoms with Gasteiger partial charge in [0.25, 0.3) is 0 Å². The van der Waals surface area contributed by atoms with Crippen LogP contribution in [-0.2, 0) is 0 Å². The zero-order valence-electron chi connectivity index (χ0n) is 12.5. The highest BCUT2D eigenvalue weighted by Gasteiger charge is 2.53. The highest BCUT2D eigenvalue weighted by atomic mass is 15.2. The Balaban J connectivity index is 1.50. The summed E-state index contributed by atoms with van der Waals surface area (Å²) in [6.45, 7) is 6.11. The van der Waals surface area contributed by atoms with Gasteiger partial charge in [0, 0.05) is 12.1 Å². The van der Waals surface area contributed by atoms with Crippen molar-refractivity contribution in [1.82, 2.24) is 4.90 Å². The van der Waals surface area contributed by atoms with E-state index in [1.807, 2.05) is 0 Å². The average molecular weight is 262 g/mol. The summed E-state index contributed by atoms with van der Waals surface area (Å²) in [5.74, 6) is 4.89. The molecule has 2 heteroatoms. The third-order valence-corrected chi connectivity index (χ3v) is 6.75. The number of likely N-dealkylation sites (tertiary alicyclic amines) is 1. The Labute approximate surface area is 118 Å². The second-order valence-electron chi connectivity index (χ2n) is 8.45. The molecule has 2 N–H and O–H groups in total. The lowest BCUT2D eigenvalue weighted by Gasteiger charge is -2.59. The van der Waals surface area contributed by atoms with E-state index < -0.39 is 0 Å². The number of rotatable bonds is 3. The van der Waals surface area contributed by atoms with E-state index in [0.29, 0.717) is 0 Å². The summed E-state index contributed by atoms with van der Waals surface area (Å²) in [5.41, 5.74) is 6.94. The van der Waals surface area contributed by atoms with E-state index in [2.05, 4.69) is 11.8 Å². The maximum absolute atomic E-state index is 6.88. The third-order valence-electron chi connectivity index (χ3n) is 6.75. The Hall–Kier alpha value is -0.0800. The summed E-state index contributed by atoms with van der Waals surface area (Å²) in [5, 5.41) is 0. The van der Waals surface area contributed by atoms with Crippen LogP contribution in [0.1, 0.15) is 51.9 Å².